The minimum atomic E-state index is -0.134. The van der Waals surface area contributed by atoms with Gasteiger partial charge in [-0.05, 0) is 30.9 Å². The molecule has 0 atom stereocenters. The summed E-state index contributed by atoms with van der Waals surface area (Å²) in [5.74, 6) is -0.195. The molecule has 30 heavy (non-hydrogen) atoms. The van der Waals surface area contributed by atoms with E-state index in [1.807, 2.05) is 42.5 Å². The lowest BCUT2D eigenvalue weighted by Crippen LogP contribution is -2.05. The number of hydrogen-bond acceptors (Lipinski definition) is 4. The topological polar surface area (TPSA) is 52.6 Å². The van der Waals surface area contributed by atoms with Crippen LogP contribution in [0.5, 0.6) is 0 Å². The van der Waals surface area contributed by atoms with E-state index >= 15 is 0 Å². The second-order valence-corrected chi connectivity index (χ2v) is 7.75. The first-order chi connectivity index (χ1) is 14.7. The van der Waals surface area contributed by atoms with E-state index in [-0.39, 0.29) is 11.9 Å². The van der Waals surface area contributed by atoms with E-state index in [4.69, 9.17) is 9.47 Å². The normalized spacial score (nSPS) is 11.0. The maximum absolute atomic E-state index is 11.7. The smallest absolute Gasteiger partial charge is 0.306 e. The summed E-state index contributed by atoms with van der Waals surface area (Å²) < 4.78 is 10.5. The molecule has 0 aliphatic heterocycles. The molecule has 0 amide bonds. The molecule has 168 valence electrons. The van der Waals surface area contributed by atoms with Crippen molar-refractivity contribution in [2.75, 3.05) is 13.2 Å². The van der Waals surface area contributed by atoms with Gasteiger partial charge >= 0.3 is 11.9 Å². The summed E-state index contributed by atoms with van der Waals surface area (Å²) in [4.78, 5) is 23.4. The van der Waals surface area contributed by atoms with Crippen molar-refractivity contribution in [3.63, 3.8) is 0 Å². The molecule has 0 bridgehead atoms. The average molecular weight is 417 g/mol. The summed E-state index contributed by atoms with van der Waals surface area (Å²) in [7, 11) is 0. The number of carbonyl (C=O) groups is 2. The van der Waals surface area contributed by atoms with Crippen LogP contribution in [-0.2, 0) is 19.1 Å². The van der Waals surface area contributed by atoms with Crippen LogP contribution in [0.3, 0.4) is 0 Å². The zero-order chi connectivity index (χ0) is 21.7. The van der Waals surface area contributed by atoms with Gasteiger partial charge < -0.3 is 9.47 Å². The highest BCUT2D eigenvalue weighted by Crippen LogP contribution is 2.10. The number of unbranched alkanes of at least 4 members (excludes halogenated alkanes) is 9. The van der Waals surface area contributed by atoms with Crippen LogP contribution in [-0.4, -0.2) is 25.2 Å². The Morgan fingerprint density at radius 3 is 1.97 bits per heavy atom. The highest BCUT2D eigenvalue weighted by atomic mass is 16.5. The molecular weight excluding hydrogens is 376 g/mol. The van der Waals surface area contributed by atoms with Crippen molar-refractivity contribution >= 4 is 18.0 Å². The summed E-state index contributed by atoms with van der Waals surface area (Å²) in [6.07, 6.45) is 16.7. The molecule has 1 aromatic carbocycles. The molecule has 0 aromatic heterocycles. The molecule has 1 aromatic rings. The Kier molecular flexibility index (Phi) is 16.3. The third-order valence-corrected chi connectivity index (χ3v) is 4.97. The van der Waals surface area contributed by atoms with Crippen LogP contribution in [0.1, 0.15) is 96.0 Å². The standard InChI is InChI=1S/C26H40O4/c1-2-3-4-9-15-22-29-25(27)20-13-7-5-6-8-14-21-26(28)30-23-16-19-24-17-11-10-12-18-24/h10-12,16-19H,2-9,13-15,20-23H2,1H3/b19-16+. The zero-order valence-corrected chi connectivity index (χ0v) is 18.8. The molecule has 0 fully saturated rings. The van der Waals surface area contributed by atoms with Crippen LogP contribution < -0.4 is 0 Å². The molecule has 0 radical (unpaired) electrons. The molecule has 0 heterocycles. The molecule has 0 unspecified atom stereocenters. The Hall–Kier alpha value is -2.10. The van der Waals surface area contributed by atoms with E-state index in [0.29, 0.717) is 26.1 Å². The summed E-state index contributed by atoms with van der Waals surface area (Å²) in [6.45, 7) is 3.09. The fraction of sp³-hybridized carbons (Fsp3) is 0.615. The quantitative estimate of drug-likeness (QED) is 0.193. The molecule has 1 rings (SSSR count). The van der Waals surface area contributed by atoms with Gasteiger partial charge in [-0.2, -0.15) is 0 Å². The van der Waals surface area contributed by atoms with Gasteiger partial charge in [0.15, 0.2) is 0 Å². The predicted octanol–water partition coefficient (Wildman–Crippen LogP) is 6.88. The third kappa shape index (κ3) is 15.8. The Morgan fingerprint density at radius 1 is 0.733 bits per heavy atom. The largest absolute Gasteiger partial charge is 0.466 e. The van der Waals surface area contributed by atoms with E-state index in [1.165, 1.54) is 19.3 Å². The van der Waals surface area contributed by atoms with Gasteiger partial charge in [0.2, 0.25) is 0 Å². The van der Waals surface area contributed by atoms with Crippen molar-refractivity contribution in [2.45, 2.75) is 90.4 Å². The number of hydrogen-bond donors (Lipinski definition) is 0. The van der Waals surface area contributed by atoms with Crippen molar-refractivity contribution in [2.24, 2.45) is 0 Å². The van der Waals surface area contributed by atoms with Crippen molar-refractivity contribution in [1.29, 1.82) is 0 Å². The fourth-order valence-corrected chi connectivity index (χ4v) is 3.17. The van der Waals surface area contributed by atoms with Gasteiger partial charge in [-0.15, -0.1) is 0 Å². The minimum absolute atomic E-state index is 0.0606. The van der Waals surface area contributed by atoms with Crippen molar-refractivity contribution < 1.29 is 19.1 Å². The Morgan fingerprint density at radius 2 is 1.30 bits per heavy atom. The molecule has 0 aliphatic rings. The summed E-state index contributed by atoms with van der Waals surface area (Å²) in [6, 6.07) is 9.96. The second kappa shape index (κ2) is 18.9. The molecular formula is C26H40O4. The van der Waals surface area contributed by atoms with Crippen molar-refractivity contribution in [3.8, 4) is 0 Å². The first-order valence-electron chi connectivity index (χ1n) is 11.7. The molecule has 0 aliphatic carbocycles. The Balaban J connectivity index is 1.85. The van der Waals surface area contributed by atoms with E-state index in [0.717, 1.165) is 56.9 Å². The van der Waals surface area contributed by atoms with Crippen molar-refractivity contribution in [3.05, 3.63) is 42.0 Å². The third-order valence-electron chi connectivity index (χ3n) is 4.97. The van der Waals surface area contributed by atoms with Gasteiger partial charge in [-0.25, -0.2) is 0 Å². The predicted molar refractivity (Wildman–Crippen MR) is 123 cm³/mol. The monoisotopic (exact) mass is 416 g/mol. The summed E-state index contributed by atoms with van der Waals surface area (Å²) in [5.41, 5.74) is 1.10. The lowest BCUT2D eigenvalue weighted by atomic mass is 10.1. The first-order valence-corrected chi connectivity index (χ1v) is 11.7. The first kappa shape index (κ1) is 25.9. The lowest BCUT2D eigenvalue weighted by molar-refractivity contribution is -0.144. The molecule has 0 N–H and O–H groups in total. The number of rotatable bonds is 18. The number of ether oxygens (including phenoxy) is 2. The Labute approximate surface area is 183 Å². The van der Waals surface area contributed by atoms with Gasteiger partial charge in [0.1, 0.15) is 6.61 Å². The minimum Gasteiger partial charge on any atom is -0.466 e. The Bertz CT molecular complexity index is 580. The number of esters is 2. The van der Waals surface area contributed by atoms with Gasteiger partial charge in [-0.1, -0.05) is 94.7 Å². The molecule has 0 saturated heterocycles. The highest BCUT2D eigenvalue weighted by Gasteiger charge is 2.03. The summed E-state index contributed by atoms with van der Waals surface area (Å²) in [5, 5.41) is 0. The van der Waals surface area contributed by atoms with Crippen LogP contribution in [0.25, 0.3) is 6.08 Å². The van der Waals surface area contributed by atoms with Crippen LogP contribution in [0.4, 0.5) is 0 Å². The fourth-order valence-electron chi connectivity index (χ4n) is 3.17. The summed E-state index contributed by atoms with van der Waals surface area (Å²) >= 11 is 0. The van der Waals surface area contributed by atoms with Crippen LogP contribution >= 0.6 is 0 Å². The van der Waals surface area contributed by atoms with Crippen molar-refractivity contribution in [1.82, 2.24) is 0 Å². The van der Waals surface area contributed by atoms with Gasteiger partial charge in [-0.3, -0.25) is 9.59 Å². The molecule has 4 heteroatoms. The number of benzene rings is 1. The maximum Gasteiger partial charge on any atom is 0.306 e. The van der Waals surface area contributed by atoms with Crippen LogP contribution in [0.15, 0.2) is 36.4 Å². The van der Waals surface area contributed by atoms with Gasteiger partial charge in [0.25, 0.3) is 0 Å². The highest BCUT2D eigenvalue weighted by molar-refractivity contribution is 5.69. The van der Waals surface area contributed by atoms with Gasteiger partial charge in [0, 0.05) is 12.8 Å². The second-order valence-electron chi connectivity index (χ2n) is 7.75. The van der Waals surface area contributed by atoms with Crippen LogP contribution in [0.2, 0.25) is 0 Å². The number of carbonyl (C=O) groups excluding carboxylic acids is 2. The van der Waals surface area contributed by atoms with E-state index in [1.54, 1.807) is 0 Å². The van der Waals surface area contributed by atoms with E-state index in [9.17, 15) is 9.59 Å². The SMILES string of the molecule is CCCCCCCOC(=O)CCCCCCCCC(=O)OC/C=C/c1ccccc1. The van der Waals surface area contributed by atoms with E-state index < -0.39 is 0 Å². The molecule has 0 saturated carbocycles. The lowest BCUT2D eigenvalue weighted by Gasteiger charge is -2.05. The van der Waals surface area contributed by atoms with Gasteiger partial charge in [0.05, 0.1) is 6.61 Å². The maximum atomic E-state index is 11.7. The molecule has 0 spiro atoms. The average Bonchev–Trinajstić information content (AvgIpc) is 2.76. The van der Waals surface area contributed by atoms with E-state index in [2.05, 4.69) is 6.92 Å². The molecule has 4 nitrogen and oxygen atoms in total. The van der Waals surface area contributed by atoms with Crippen LogP contribution in [0, 0.1) is 0 Å². The zero-order valence-electron chi connectivity index (χ0n) is 18.8.